The van der Waals surface area contributed by atoms with Crippen molar-refractivity contribution >= 4 is 11.8 Å². The maximum Gasteiger partial charge on any atom is 0.126 e. The molecule has 0 saturated carbocycles. The van der Waals surface area contributed by atoms with Gasteiger partial charge in [0.25, 0.3) is 0 Å². The third-order valence-corrected chi connectivity index (χ3v) is 4.54. The van der Waals surface area contributed by atoms with Gasteiger partial charge in [-0.15, -0.1) is 0 Å². The van der Waals surface area contributed by atoms with Crippen LogP contribution in [0, 0.1) is 26.6 Å². The molecule has 0 unspecified atom stereocenters. The predicted octanol–water partition coefficient (Wildman–Crippen LogP) is 4.96. The lowest BCUT2D eigenvalue weighted by Gasteiger charge is -2.15. The molecule has 2 aromatic carbocycles. The van der Waals surface area contributed by atoms with E-state index in [1.807, 2.05) is 6.07 Å². The molecule has 0 amide bonds. The van der Waals surface area contributed by atoms with E-state index in [4.69, 9.17) is 0 Å². The molecule has 1 nitrogen and oxygen atoms in total. The summed E-state index contributed by atoms with van der Waals surface area (Å²) in [4.78, 5) is 2.05. The summed E-state index contributed by atoms with van der Waals surface area (Å²) in [6, 6.07) is 9.52. The van der Waals surface area contributed by atoms with Crippen LogP contribution in [-0.4, -0.2) is 5.11 Å². The SMILES string of the molecule is Cc1ccc(C)c(Sc2cc(C)c(F)cc2[C@H](C)O)c1. The minimum atomic E-state index is -0.683. The zero-order valence-electron chi connectivity index (χ0n) is 12.2. The zero-order valence-corrected chi connectivity index (χ0v) is 13.0. The van der Waals surface area contributed by atoms with E-state index in [0.29, 0.717) is 11.1 Å². The fourth-order valence-corrected chi connectivity index (χ4v) is 3.31. The molecular formula is C17H19FOS. The quantitative estimate of drug-likeness (QED) is 0.862. The number of hydrogen-bond donors (Lipinski definition) is 1. The minimum Gasteiger partial charge on any atom is -0.389 e. The van der Waals surface area contributed by atoms with Gasteiger partial charge in [-0.25, -0.2) is 4.39 Å². The molecule has 0 aliphatic rings. The van der Waals surface area contributed by atoms with E-state index in [1.165, 1.54) is 17.2 Å². The van der Waals surface area contributed by atoms with E-state index in [-0.39, 0.29) is 5.82 Å². The fraction of sp³-hybridized carbons (Fsp3) is 0.294. The van der Waals surface area contributed by atoms with E-state index in [9.17, 15) is 9.50 Å². The molecule has 0 spiro atoms. The maximum absolute atomic E-state index is 13.7. The molecule has 1 atom stereocenters. The highest BCUT2D eigenvalue weighted by atomic mass is 32.2. The van der Waals surface area contributed by atoms with Crippen molar-refractivity contribution in [2.24, 2.45) is 0 Å². The minimum absolute atomic E-state index is 0.272. The molecule has 0 saturated heterocycles. The molecule has 0 aliphatic heterocycles. The smallest absolute Gasteiger partial charge is 0.126 e. The van der Waals surface area contributed by atoms with E-state index < -0.39 is 6.10 Å². The van der Waals surface area contributed by atoms with E-state index in [2.05, 4.69) is 32.0 Å². The van der Waals surface area contributed by atoms with Crippen molar-refractivity contribution in [2.75, 3.05) is 0 Å². The third kappa shape index (κ3) is 3.22. The molecule has 0 bridgehead atoms. The first-order valence-electron chi connectivity index (χ1n) is 6.61. The Labute approximate surface area is 123 Å². The summed E-state index contributed by atoms with van der Waals surface area (Å²) < 4.78 is 13.7. The van der Waals surface area contributed by atoms with Gasteiger partial charge < -0.3 is 5.11 Å². The molecule has 3 heteroatoms. The molecule has 2 rings (SSSR count). The predicted molar refractivity (Wildman–Crippen MR) is 81.8 cm³/mol. The average molecular weight is 290 g/mol. The van der Waals surface area contributed by atoms with Gasteiger partial charge in [-0.1, -0.05) is 23.9 Å². The van der Waals surface area contributed by atoms with Crippen LogP contribution in [0.5, 0.6) is 0 Å². The molecule has 0 aromatic heterocycles. The van der Waals surface area contributed by atoms with Crippen LogP contribution in [0.4, 0.5) is 4.39 Å². The highest BCUT2D eigenvalue weighted by Crippen LogP contribution is 2.36. The second kappa shape index (κ2) is 5.98. The summed E-state index contributed by atoms with van der Waals surface area (Å²) in [5, 5.41) is 9.84. The average Bonchev–Trinajstić information content (AvgIpc) is 2.37. The Morgan fingerprint density at radius 1 is 1.00 bits per heavy atom. The summed E-state index contributed by atoms with van der Waals surface area (Å²) in [6.07, 6.45) is -0.683. The van der Waals surface area contributed by atoms with Crippen LogP contribution in [0.2, 0.25) is 0 Å². The van der Waals surface area contributed by atoms with Gasteiger partial charge in [0.15, 0.2) is 0 Å². The Morgan fingerprint density at radius 2 is 1.70 bits per heavy atom. The zero-order chi connectivity index (χ0) is 14.9. The number of halogens is 1. The van der Waals surface area contributed by atoms with Crippen molar-refractivity contribution in [3.8, 4) is 0 Å². The van der Waals surface area contributed by atoms with Gasteiger partial charge in [0.2, 0.25) is 0 Å². The molecule has 0 fully saturated rings. The van der Waals surface area contributed by atoms with Gasteiger partial charge in [-0.05, 0) is 68.1 Å². The van der Waals surface area contributed by atoms with Gasteiger partial charge in [0, 0.05) is 9.79 Å². The third-order valence-electron chi connectivity index (χ3n) is 3.30. The summed E-state index contributed by atoms with van der Waals surface area (Å²) in [7, 11) is 0. The number of rotatable bonds is 3. The summed E-state index contributed by atoms with van der Waals surface area (Å²) >= 11 is 1.58. The largest absolute Gasteiger partial charge is 0.389 e. The Morgan fingerprint density at radius 3 is 2.35 bits per heavy atom. The van der Waals surface area contributed by atoms with Crippen molar-refractivity contribution in [3.05, 3.63) is 58.4 Å². The monoisotopic (exact) mass is 290 g/mol. The standard InChI is InChI=1S/C17H19FOS/c1-10-5-6-11(2)16(7-10)20-17-8-12(3)15(18)9-14(17)13(4)19/h5-9,13,19H,1-4H3/t13-/m0/s1. The molecule has 20 heavy (non-hydrogen) atoms. The fourth-order valence-electron chi connectivity index (χ4n) is 2.02. The van der Waals surface area contributed by atoms with Crippen LogP contribution in [0.15, 0.2) is 40.1 Å². The number of benzene rings is 2. The number of aliphatic hydroxyl groups is 1. The van der Waals surface area contributed by atoms with Gasteiger partial charge in [0.1, 0.15) is 5.82 Å². The molecule has 1 N–H and O–H groups in total. The number of aliphatic hydroxyl groups excluding tert-OH is 1. The highest BCUT2D eigenvalue weighted by molar-refractivity contribution is 7.99. The normalized spacial score (nSPS) is 12.5. The Balaban J connectivity index is 2.47. The van der Waals surface area contributed by atoms with Crippen molar-refractivity contribution in [1.29, 1.82) is 0 Å². The maximum atomic E-state index is 13.7. The molecule has 0 heterocycles. The van der Waals surface area contributed by atoms with Crippen LogP contribution < -0.4 is 0 Å². The Kier molecular flexibility index (Phi) is 4.51. The number of hydrogen-bond acceptors (Lipinski definition) is 2. The Bertz CT molecular complexity index is 635. The highest BCUT2D eigenvalue weighted by Gasteiger charge is 2.13. The van der Waals surface area contributed by atoms with Crippen molar-refractivity contribution in [3.63, 3.8) is 0 Å². The van der Waals surface area contributed by atoms with Crippen molar-refractivity contribution < 1.29 is 9.50 Å². The van der Waals surface area contributed by atoms with E-state index in [1.54, 1.807) is 25.6 Å². The lowest BCUT2D eigenvalue weighted by atomic mass is 10.1. The molecule has 2 aromatic rings. The molecule has 0 aliphatic carbocycles. The van der Waals surface area contributed by atoms with Crippen LogP contribution in [-0.2, 0) is 0 Å². The van der Waals surface area contributed by atoms with Gasteiger partial charge in [0.05, 0.1) is 6.10 Å². The van der Waals surface area contributed by atoms with Crippen LogP contribution >= 0.6 is 11.8 Å². The van der Waals surface area contributed by atoms with Crippen molar-refractivity contribution in [1.82, 2.24) is 0 Å². The van der Waals surface area contributed by atoms with Gasteiger partial charge in [-0.3, -0.25) is 0 Å². The Hall–Kier alpha value is -1.32. The topological polar surface area (TPSA) is 20.2 Å². The summed E-state index contributed by atoms with van der Waals surface area (Å²) in [6.45, 7) is 7.51. The first-order chi connectivity index (χ1) is 9.38. The van der Waals surface area contributed by atoms with E-state index in [0.717, 1.165) is 9.79 Å². The summed E-state index contributed by atoms with van der Waals surface area (Å²) in [5.41, 5.74) is 3.61. The number of aryl methyl sites for hydroxylation is 3. The van der Waals surface area contributed by atoms with E-state index >= 15 is 0 Å². The lowest BCUT2D eigenvalue weighted by molar-refractivity contribution is 0.196. The molecular weight excluding hydrogens is 271 g/mol. The second-order valence-corrected chi connectivity index (χ2v) is 6.27. The van der Waals surface area contributed by atoms with Crippen LogP contribution in [0.1, 0.15) is 35.3 Å². The molecule has 106 valence electrons. The van der Waals surface area contributed by atoms with Gasteiger partial charge in [-0.2, -0.15) is 0 Å². The molecule has 0 radical (unpaired) electrons. The first kappa shape index (κ1) is 15.1. The first-order valence-corrected chi connectivity index (χ1v) is 7.43. The van der Waals surface area contributed by atoms with Crippen LogP contribution in [0.3, 0.4) is 0 Å². The summed E-state index contributed by atoms with van der Waals surface area (Å²) in [5.74, 6) is -0.272. The van der Waals surface area contributed by atoms with Crippen molar-refractivity contribution in [2.45, 2.75) is 43.6 Å². The lowest BCUT2D eigenvalue weighted by Crippen LogP contribution is -1.97. The second-order valence-electron chi connectivity index (χ2n) is 5.19. The van der Waals surface area contributed by atoms with Gasteiger partial charge >= 0.3 is 0 Å². The van der Waals surface area contributed by atoms with Crippen LogP contribution in [0.25, 0.3) is 0 Å².